The van der Waals surface area contributed by atoms with Crippen molar-refractivity contribution in [2.45, 2.75) is 57.5 Å². The van der Waals surface area contributed by atoms with E-state index in [0.29, 0.717) is 17.7 Å². The van der Waals surface area contributed by atoms with Crippen LogP contribution >= 0.6 is 11.3 Å². The second-order valence-electron chi connectivity index (χ2n) is 7.08. The lowest BCUT2D eigenvalue weighted by Crippen LogP contribution is -2.51. The second-order valence-corrected chi connectivity index (χ2v) is 8.03. The van der Waals surface area contributed by atoms with Gasteiger partial charge in [0.1, 0.15) is 11.6 Å². The first-order chi connectivity index (χ1) is 12.9. The number of thiophene rings is 1. The van der Waals surface area contributed by atoms with Gasteiger partial charge in [-0.15, -0.1) is 11.3 Å². The molecule has 27 heavy (non-hydrogen) atoms. The monoisotopic (exact) mass is 391 g/mol. The molecule has 1 saturated carbocycles. The molecule has 2 rings (SSSR count). The smallest absolute Gasteiger partial charge is 0.329 e. The fourth-order valence-corrected chi connectivity index (χ4v) is 3.69. The summed E-state index contributed by atoms with van der Waals surface area (Å²) in [4.78, 5) is 37.2. The molecule has 0 aliphatic heterocycles. The first-order valence-corrected chi connectivity index (χ1v) is 9.98. The minimum Gasteiger partial charge on any atom is -0.454 e. The van der Waals surface area contributed by atoms with Crippen molar-refractivity contribution in [3.8, 4) is 6.07 Å². The van der Waals surface area contributed by atoms with Crippen molar-refractivity contribution in [1.29, 1.82) is 5.26 Å². The predicted molar refractivity (Wildman–Crippen MR) is 101 cm³/mol. The highest BCUT2D eigenvalue weighted by Gasteiger charge is 2.34. The molecule has 0 radical (unpaired) electrons. The summed E-state index contributed by atoms with van der Waals surface area (Å²) in [6, 6.07) is 4.76. The fourth-order valence-electron chi connectivity index (χ4n) is 3.07. The molecule has 1 aromatic rings. The van der Waals surface area contributed by atoms with Gasteiger partial charge < -0.3 is 15.4 Å². The Morgan fingerprint density at radius 1 is 1.30 bits per heavy atom. The van der Waals surface area contributed by atoms with Crippen LogP contribution in [0.15, 0.2) is 17.5 Å². The molecular weight excluding hydrogens is 366 g/mol. The van der Waals surface area contributed by atoms with Crippen molar-refractivity contribution in [3.63, 3.8) is 0 Å². The van der Waals surface area contributed by atoms with Gasteiger partial charge >= 0.3 is 5.97 Å². The number of carbonyl (C=O) groups excluding carboxylic acids is 3. The average molecular weight is 391 g/mol. The molecule has 1 atom stereocenters. The van der Waals surface area contributed by atoms with Gasteiger partial charge in [0.15, 0.2) is 6.61 Å². The maximum atomic E-state index is 12.4. The molecule has 146 valence electrons. The average Bonchev–Trinajstić information content (AvgIpc) is 3.19. The number of carbonyl (C=O) groups is 3. The molecule has 1 heterocycles. The lowest BCUT2D eigenvalue weighted by molar-refractivity contribution is -0.151. The summed E-state index contributed by atoms with van der Waals surface area (Å²) in [6.07, 6.45) is 4.03. The Bertz CT molecular complexity index is 703. The lowest BCUT2D eigenvalue weighted by Gasteiger charge is -2.31. The third-order valence-corrected chi connectivity index (χ3v) is 5.47. The molecule has 8 heteroatoms. The van der Waals surface area contributed by atoms with Crippen molar-refractivity contribution in [2.24, 2.45) is 5.92 Å². The third kappa shape index (κ3) is 5.79. The molecule has 7 nitrogen and oxygen atoms in total. The second kappa shape index (κ2) is 9.51. The van der Waals surface area contributed by atoms with E-state index in [1.54, 1.807) is 31.4 Å². The molecule has 1 aliphatic rings. The van der Waals surface area contributed by atoms with Crippen molar-refractivity contribution >= 4 is 29.1 Å². The normalized spacial score (nSPS) is 16.8. The summed E-state index contributed by atoms with van der Waals surface area (Å²) in [6.45, 7) is 3.10. The Kier molecular flexibility index (Phi) is 7.36. The van der Waals surface area contributed by atoms with Crippen LogP contribution in [0.1, 0.15) is 55.6 Å². The zero-order chi connectivity index (χ0) is 19.9. The van der Waals surface area contributed by atoms with E-state index >= 15 is 0 Å². The number of esters is 1. The number of hydrogen-bond donors (Lipinski definition) is 2. The molecule has 0 bridgehead atoms. The van der Waals surface area contributed by atoms with Crippen molar-refractivity contribution in [1.82, 2.24) is 10.6 Å². The van der Waals surface area contributed by atoms with Crippen LogP contribution in [0.4, 0.5) is 0 Å². The summed E-state index contributed by atoms with van der Waals surface area (Å²) >= 11 is 1.28. The molecule has 0 unspecified atom stereocenters. The number of nitrogens with one attached hydrogen (secondary N) is 2. The Labute approximate surface area is 163 Å². The van der Waals surface area contributed by atoms with Crippen molar-refractivity contribution in [3.05, 3.63) is 22.4 Å². The maximum Gasteiger partial charge on any atom is 0.329 e. The van der Waals surface area contributed by atoms with Crippen LogP contribution in [0, 0.1) is 17.2 Å². The Morgan fingerprint density at radius 3 is 2.56 bits per heavy atom. The summed E-state index contributed by atoms with van der Waals surface area (Å²) in [5.41, 5.74) is -0.868. The predicted octanol–water partition coefficient (Wildman–Crippen LogP) is 2.39. The number of nitriles is 1. The van der Waals surface area contributed by atoms with Crippen LogP contribution in [0.25, 0.3) is 0 Å². The Morgan fingerprint density at radius 2 is 2.00 bits per heavy atom. The Hall–Kier alpha value is -2.40. The van der Waals surface area contributed by atoms with E-state index in [9.17, 15) is 19.6 Å². The number of amides is 2. The molecule has 0 spiro atoms. The van der Waals surface area contributed by atoms with Crippen LogP contribution < -0.4 is 10.6 Å². The highest BCUT2D eigenvalue weighted by molar-refractivity contribution is 7.12. The summed E-state index contributed by atoms with van der Waals surface area (Å²) in [5.74, 6) is -1.72. The van der Waals surface area contributed by atoms with Crippen LogP contribution in [0.2, 0.25) is 0 Å². The van der Waals surface area contributed by atoms with E-state index in [0.717, 1.165) is 19.3 Å². The van der Waals surface area contributed by atoms with E-state index in [-0.39, 0.29) is 11.8 Å². The van der Waals surface area contributed by atoms with Gasteiger partial charge in [0.25, 0.3) is 11.8 Å². The largest absolute Gasteiger partial charge is 0.454 e. The van der Waals surface area contributed by atoms with E-state index in [1.807, 2.05) is 0 Å². The number of rotatable bonds is 7. The Balaban J connectivity index is 1.88. The molecule has 2 amide bonds. The standard InChI is InChI=1S/C19H25N3O4S/c1-13(2)16(21-17(24)14-7-6-10-27-14)18(25)26-11-15(23)22-19(12-20)8-4-3-5-9-19/h6-7,10,13,16H,3-5,8-9,11H2,1-2H3,(H,21,24)(H,22,23)/t16-/m0/s1. The minimum atomic E-state index is -0.868. The molecule has 0 aromatic carbocycles. The van der Waals surface area contributed by atoms with Gasteiger partial charge in [-0.25, -0.2) is 4.79 Å². The van der Waals surface area contributed by atoms with Crippen LogP contribution in [-0.2, 0) is 14.3 Å². The zero-order valence-electron chi connectivity index (χ0n) is 15.6. The van der Waals surface area contributed by atoms with E-state index in [2.05, 4.69) is 16.7 Å². The van der Waals surface area contributed by atoms with Gasteiger partial charge in [-0.2, -0.15) is 5.26 Å². The first kappa shape index (κ1) is 20.9. The first-order valence-electron chi connectivity index (χ1n) is 9.10. The van der Waals surface area contributed by atoms with E-state index in [4.69, 9.17) is 4.74 Å². The van der Waals surface area contributed by atoms with Crippen LogP contribution in [0.3, 0.4) is 0 Å². The van der Waals surface area contributed by atoms with E-state index in [1.165, 1.54) is 11.3 Å². The van der Waals surface area contributed by atoms with Gasteiger partial charge in [0.05, 0.1) is 10.9 Å². The van der Waals surface area contributed by atoms with Gasteiger partial charge in [0.2, 0.25) is 0 Å². The van der Waals surface area contributed by atoms with Gasteiger partial charge in [0, 0.05) is 0 Å². The van der Waals surface area contributed by atoms with Gasteiger partial charge in [-0.05, 0) is 30.2 Å². The number of hydrogen-bond acceptors (Lipinski definition) is 6. The molecule has 1 fully saturated rings. The highest BCUT2D eigenvalue weighted by atomic mass is 32.1. The SMILES string of the molecule is CC(C)[C@H](NC(=O)c1cccs1)C(=O)OCC(=O)NC1(C#N)CCCCC1. The maximum absolute atomic E-state index is 12.4. The third-order valence-electron chi connectivity index (χ3n) is 4.60. The van der Waals surface area contributed by atoms with Crippen LogP contribution in [0.5, 0.6) is 0 Å². The molecule has 1 aliphatic carbocycles. The topological polar surface area (TPSA) is 108 Å². The minimum absolute atomic E-state index is 0.201. The molecule has 2 N–H and O–H groups in total. The molecular formula is C19H25N3O4S. The van der Waals surface area contributed by atoms with Gasteiger partial charge in [-0.3, -0.25) is 9.59 Å². The number of ether oxygens (including phenoxy) is 1. The molecule has 0 saturated heterocycles. The summed E-state index contributed by atoms with van der Waals surface area (Å²) in [5, 5.41) is 16.5. The fraction of sp³-hybridized carbons (Fsp3) is 0.579. The highest BCUT2D eigenvalue weighted by Crippen LogP contribution is 2.27. The zero-order valence-corrected chi connectivity index (χ0v) is 16.4. The summed E-state index contributed by atoms with van der Waals surface area (Å²) in [7, 11) is 0. The number of nitrogens with zero attached hydrogens (tertiary/aromatic N) is 1. The quantitative estimate of drug-likeness (QED) is 0.694. The van der Waals surface area contributed by atoms with Crippen molar-refractivity contribution < 1.29 is 19.1 Å². The van der Waals surface area contributed by atoms with Gasteiger partial charge in [-0.1, -0.05) is 39.2 Å². The summed E-state index contributed by atoms with van der Waals surface area (Å²) < 4.78 is 5.10. The van der Waals surface area contributed by atoms with Crippen molar-refractivity contribution in [2.75, 3.05) is 6.61 Å². The van der Waals surface area contributed by atoms with Crippen LogP contribution in [-0.4, -0.2) is 36.0 Å². The van der Waals surface area contributed by atoms with E-state index < -0.39 is 30.1 Å². The lowest BCUT2D eigenvalue weighted by atomic mass is 9.83. The molecule has 1 aromatic heterocycles.